The van der Waals surface area contributed by atoms with E-state index >= 15 is 0 Å². The second kappa shape index (κ2) is 5.16. The van der Waals surface area contributed by atoms with Crippen LogP contribution in [0.4, 0.5) is 10.1 Å². The lowest BCUT2D eigenvalue weighted by atomic mass is 9.84. The fourth-order valence-electron chi connectivity index (χ4n) is 2.13. The standard InChI is InChI=1S/C14H16BrFN2O2/c1-14(2,3)12-13(20)18(7-11(19)17-12)10-6-8(15)4-5-9(10)16/h4-6,12H,7H2,1-3H3,(H,17,19). The first kappa shape index (κ1) is 15.0. The van der Waals surface area contributed by atoms with Crippen molar-refractivity contribution >= 4 is 33.4 Å². The molecule has 1 N–H and O–H groups in total. The Labute approximate surface area is 125 Å². The van der Waals surface area contributed by atoms with E-state index in [0.717, 1.165) is 0 Å². The molecule has 1 aromatic rings. The number of carbonyl (C=O) groups excluding carboxylic acids is 2. The second-order valence-electron chi connectivity index (χ2n) is 5.89. The van der Waals surface area contributed by atoms with E-state index in [-0.39, 0.29) is 24.0 Å². The van der Waals surface area contributed by atoms with Crippen LogP contribution in [0.3, 0.4) is 0 Å². The number of hydrogen-bond donors (Lipinski definition) is 1. The molecule has 0 aromatic heterocycles. The van der Waals surface area contributed by atoms with Gasteiger partial charge in [-0.25, -0.2) is 4.39 Å². The molecular weight excluding hydrogens is 327 g/mol. The van der Waals surface area contributed by atoms with E-state index in [9.17, 15) is 14.0 Å². The van der Waals surface area contributed by atoms with Crippen LogP contribution in [-0.2, 0) is 9.59 Å². The zero-order valence-corrected chi connectivity index (χ0v) is 13.1. The molecule has 0 saturated carbocycles. The number of amides is 2. The van der Waals surface area contributed by atoms with Crippen LogP contribution in [0.1, 0.15) is 20.8 Å². The first-order valence-electron chi connectivity index (χ1n) is 6.26. The van der Waals surface area contributed by atoms with Gasteiger partial charge in [0.15, 0.2) is 0 Å². The number of anilines is 1. The SMILES string of the molecule is CC(C)(C)C1NC(=O)CN(c2cc(Br)ccc2F)C1=O. The van der Waals surface area contributed by atoms with Gasteiger partial charge in [-0.2, -0.15) is 0 Å². The summed E-state index contributed by atoms with van der Waals surface area (Å²) in [6.07, 6.45) is 0. The monoisotopic (exact) mass is 342 g/mol. The van der Waals surface area contributed by atoms with Crippen LogP contribution in [0, 0.1) is 11.2 Å². The Bertz CT molecular complexity index is 569. The van der Waals surface area contributed by atoms with E-state index in [0.29, 0.717) is 4.47 Å². The predicted molar refractivity (Wildman–Crippen MR) is 77.8 cm³/mol. The summed E-state index contributed by atoms with van der Waals surface area (Å²) in [5.74, 6) is -1.11. The average molecular weight is 343 g/mol. The Morgan fingerprint density at radius 2 is 2.00 bits per heavy atom. The molecule has 1 heterocycles. The zero-order chi connectivity index (χ0) is 15.1. The molecule has 1 atom stereocenters. The van der Waals surface area contributed by atoms with Gasteiger partial charge in [0.25, 0.3) is 5.91 Å². The number of rotatable bonds is 1. The van der Waals surface area contributed by atoms with E-state index in [1.165, 1.54) is 17.0 Å². The number of halogens is 2. The normalized spacial score (nSPS) is 20.1. The molecule has 1 aliphatic rings. The molecule has 6 heteroatoms. The molecular formula is C14H16BrFN2O2. The van der Waals surface area contributed by atoms with Gasteiger partial charge in [0, 0.05) is 4.47 Å². The van der Waals surface area contributed by atoms with Crippen LogP contribution in [-0.4, -0.2) is 24.4 Å². The van der Waals surface area contributed by atoms with Crippen molar-refractivity contribution in [1.29, 1.82) is 0 Å². The summed E-state index contributed by atoms with van der Waals surface area (Å²) in [7, 11) is 0. The fraction of sp³-hybridized carbons (Fsp3) is 0.429. The molecule has 1 aromatic carbocycles. The van der Waals surface area contributed by atoms with Crippen molar-refractivity contribution in [2.24, 2.45) is 5.41 Å². The number of piperazine rings is 1. The van der Waals surface area contributed by atoms with Gasteiger partial charge >= 0.3 is 0 Å². The van der Waals surface area contributed by atoms with Crippen molar-refractivity contribution in [2.45, 2.75) is 26.8 Å². The van der Waals surface area contributed by atoms with Crippen molar-refractivity contribution in [1.82, 2.24) is 5.32 Å². The van der Waals surface area contributed by atoms with Gasteiger partial charge in [-0.1, -0.05) is 36.7 Å². The highest BCUT2D eigenvalue weighted by atomic mass is 79.9. The van der Waals surface area contributed by atoms with Gasteiger partial charge in [-0.15, -0.1) is 0 Å². The number of nitrogens with one attached hydrogen (secondary N) is 1. The Kier molecular flexibility index (Phi) is 3.86. The lowest BCUT2D eigenvalue weighted by Crippen LogP contribution is -2.62. The molecule has 20 heavy (non-hydrogen) atoms. The Balaban J connectivity index is 2.43. The maximum atomic E-state index is 13.9. The quantitative estimate of drug-likeness (QED) is 0.852. The summed E-state index contributed by atoms with van der Waals surface area (Å²) in [6, 6.07) is 3.66. The number of carbonyl (C=O) groups is 2. The van der Waals surface area contributed by atoms with Gasteiger partial charge in [-0.3, -0.25) is 14.5 Å². The Morgan fingerprint density at radius 1 is 1.35 bits per heavy atom. The van der Waals surface area contributed by atoms with Crippen molar-refractivity contribution in [3.05, 3.63) is 28.5 Å². The predicted octanol–water partition coefficient (Wildman–Crippen LogP) is 2.47. The maximum absolute atomic E-state index is 13.9. The highest BCUT2D eigenvalue weighted by Gasteiger charge is 2.41. The molecule has 0 bridgehead atoms. The molecule has 1 saturated heterocycles. The van der Waals surface area contributed by atoms with Crippen LogP contribution in [0.5, 0.6) is 0 Å². The minimum atomic E-state index is -0.665. The van der Waals surface area contributed by atoms with Crippen molar-refractivity contribution < 1.29 is 14.0 Å². The van der Waals surface area contributed by atoms with Gasteiger partial charge < -0.3 is 5.32 Å². The topological polar surface area (TPSA) is 49.4 Å². The van der Waals surface area contributed by atoms with E-state index < -0.39 is 17.3 Å². The third kappa shape index (κ3) is 2.85. The van der Waals surface area contributed by atoms with Crippen LogP contribution >= 0.6 is 15.9 Å². The van der Waals surface area contributed by atoms with E-state index in [2.05, 4.69) is 21.2 Å². The molecule has 108 valence electrons. The van der Waals surface area contributed by atoms with Gasteiger partial charge in [-0.05, 0) is 23.6 Å². The molecule has 0 aliphatic carbocycles. The molecule has 0 radical (unpaired) electrons. The zero-order valence-electron chi connectivity index (χ0n) is 11.5. The Morgan fingerprint density at radius 3 is 2.60 bits per heavy atom. The Hall–Kier alpha value is -1.43. The first-order chi connectivity index (χ1) is 9.20. The van der Waals surface area contributed by atoms with Crippen LogP contribution in [0.2, 0.25) is 0 Å². The highest BCUT2D eigenvalue weighted by molar-refractivity contribution is 9.10. The molecule has 2 rings (SSSR count). The minimum absolute atomic E-state index is 0.119. The van der Waals surface area contributed by atoms with Crippen molar-refractivity contribution in [3.63, 3.8) is 0 Å². The fourth-order valence-corrected chi connectivity index (χ4v) is 2.48. The van der Waals surface area contributed by atoms with Crippen LogP contribution < -0.4 is 10.2 Å². The van der Waals surface area contributed by atoms with E-state index in [1.54, 1.807) is 6.07 Å². The molecule has 1 aliphatic heterocycles. The summed E-state index contributed by atoms with van der Waals surface area (Å²) >= 11 is 3.25. The summed E-state index contributed by atoms with van der Waals surface area (Å²) in [6.45, 7) is 5.41. The third-order valence-corrected chi connectivity index (χ3v) is 3.68. The first-order valence-corrected chi connectivity index (χ1v) is 7.05. The van der Waals surface area contributed by atoms with Gasteiger partial charge in [0.2, 0.25) is 5.91 Å². The summed E-state index contributed by atoms with van der Waals surface area (Å²) in [4.78, 5) is 25.5. The van der Waals surface area contributed by atoms with Gasteiger partial charge in [0.1, 0.15) is 18.4 Å². The summed E-state index contributed by atoms with van der Waals surface area (Å²) in [5, 5.41) is 2.68. The minimum Gasteiger partial charge on any atom is -0.342 e. The largest absolute Gasteiger partial charge is 0.342 e. The van der Waals surface area contributed by atoms with E-state index in [4.69, 9.17) is 0 Å². The second-order valence-corrected chi connectivity index (χ2v) is 6.80. The van der Waals surface area contributed by atoms with Crippen molar-refractivity contribution in [3.8, 4) is 0 Å². The molecule has 1 fully saturated rings. The van der Waals surface area contributed by atoms with Crippen molar-refractivity contribution in [2.75, 3.05) is 11.4 Å². The average Bonchev–Trinajstić information content (AvgIpc) is 2.33. The van der Waals surface area contributed by atoms with Crippen LogP contribution in [0.25, 0.3) is 0 Å². The third-order valence-electron chi connectivity index (χ3n) is 3.19. The lowest BCUT2D eigenvalue weighted by molar-refractivity contribution is -0.133. The lowest BCUT2D eigenvalue weighted by Gasteiger charge is -2.38. The maximum Gasteiger partial charge on any atom is 0.250 e. The summed E-state index contributed by atoms with van der Waals surface area (Å²) < 4.78 is 14.6. The number of benzene rings is 1. The molecule has 1 unspecified atom stereocenters. The molecule has 4 nitrogen and oxygen atoms in total. The van der Waals surface area contributed by atoms with Gasteiger partial charge in [0.05, 0.1) is 5.69 Å². The number of hydrogen-bond acceptors (Lipinski definition) is 2. The molecule has 0 spiro atoms. The molecule has 2 amide bonds. The van der Waals surface area contributed by atoms with Crippen LogP contribution in [0.15, 0.2) is 22.7 Å². The highest BCUT2D eigenvalue weighted by Crippen LogP contribution is 2.29. The summed E-state index contributed by atoms with van der Waals surface area (Å²) in [5.41, 5.74) is -0.318. The number of nitrogens with zero attached hydrogens (tertiary/aromatic N) is 1. The smallest absolute Gasteiger partial charge is 0.250 e. The van der Waals surface area contributed by atoms with E-state index in [1.807, 2.05) is 20.8 Å².